The molecule has 0 saturated carbocycles. The number of hydrogen-bond donors (Lipinski definition) is 2. The highest BCUT2D eigenvalue weighted by molar-refractivity contribution is 5.29. The predicted octanol–water partition coefficient (Wildman–Crippen LogP) is 1.97. The summed E-state index contributed by atoms with van der Waals surface area (Å²) in [5, 5.41) is 8.65. The van der Waals surface area contributed by atoms with E-state index in [-0.39, 0.29) is 18.4 Å². The molecule has 0 fully saturated rings. The molecule has 0 bridgehead atoms. The summed E-state index contributed by atoms with van der Waals surface area (Å²) in [5.74, 6) is -0.285. The van der Waals surface area contributed by atoms with Gasteiger partial charge in [-0.1, -0.05) is 12.1 Å². The average Bonchev–Trinajstić information content (AvgIpc) is 2.16. The van der Waals surface area contributed by atoms with Crippen molar-refractivity contribution in [2.75, 3.05) is 6.61 Å². The van der Waals surface area contributed by atoms with Crippen LogP contribution in [-0.4, -0.2) is 18.1 Å². The largest absolute Gasteiger partial charge is 0.573 e. The summed E-state index contributed by atoms with van der Waals surface area (Å²) in [6.45, 7) is -0.0675. The van der Waals surface area contributed by atoms with Crippen LogP contribution in [0.2, 0.25) is 0 Å². The number of hydrogen-bond acceptors (Lipinski definition) is 3. The van der Waals surface area contributed by atoms with Crippen LogP contribution >= 0.6 is 0 Å². The van der Waals surface area contributed by atoms with Crippen LogP contribution in [0.25, 0.3) is 0 Å². The van der Waals surface area contributed by atoms with Crippen molar-refractivity contribution in [3.05, 3.63) is 29.8 Å². The maximum Gasteiger partial charge on any atom is 0.573 e. The first-order valence-electron chi connectivity index (χ1n) is 4.64. The fourth-order valence-corrected chi connectivity index (χ4v) is 1.22. The number of benzene rings is 1. The molecule has 0 aliphatic carbocycles. The van der Waals surface area contributed by atoms with E-state index >= 15 is 0 Å². The number of ether oxygens (including phenoxy) is 1. The van der Waals surface area contributed by atoms with Crippen LogP contribution in [0.5, 0.6) is 5.75 Å². The molecule has 0 saturated heterocycles. The van der Waals surface area contributed by atoms with Gasteiger partial charge in [0.1, 0.15) is 5.75 Å². The van der Waals surface area contributed by atoms with Crippen molar-refractivity contribution in [2.24, 2.45) is 5.73 Å². The lowest BCUT2D eigenvalue weighted by atomic mass is 10.1. The molecule has 0 radical (unpaired) electrons. The fraction of sp³-hybridized carbons (Fsp3) is 0.400. The predicted molar refractivity (Wildman–Crippen MR) is 51.8 cm³/mol. The quantitative estimate of drug-likeness (QED) is 0.838. The van der Waals surface area contributed by atoms with E-state index in [0.717, 1.165) is 0 Å². The third-order valence-electron chi connectivity index (χ3n) is 1.98. The van der Waals surface area contributed by atoms with Crippen LogP contribution < -0.4 is 10.5 Å². The molecule has 0 amide bonds. The SMILES string of the molecule is NC(CCO)c1ccc(OC(F)(F)F)cc1. The van der Waals surface area contributed by atoms with E-state index in [1.165, 1.54) is 24.3 Å². The molecule has 1 atom stereocenters. The highest BCUT2D eigenvalue weighted by Gasteiger charge is 2.30. The number of aliphatic hydroxyl groups is 1. The lowest BCUT2D eigenvalue weighted by Crippen LogP contribution is -2.17. The Morgan fingerprint density at radius 1 is 1.25 bits per heavy atom. The minimum atomic E-state index is -4.69. The maximum absolute atomic E-state index is 11.8. The molecule has 3 N–H and O–H groups in total. The van der Waals surface area contributed by atoms with Gasteiger partial charge in [0.15, 0.2) is 0 Å². The molecule has 0 aromatic heterocycles. The van der Waals surface area contributed by atoms with Crippen LogP contribution in [0.15, 0.2) is 24.3 Å². The van der Waals surface area contributed by atoms with E-state index in [9.17, 15) is 13.2 Å². The lowest BCUT2D eigenvalue weighted by Gasteiger charge is -2.12. The summed E-state index contributed by atoms with van der Waals surface area (Å²) in [4.78, 5) is 0. The Morgan fingerprint density at radius 2 is 1.81 bits per heavy atom. The summed E-state index contributed by atoms with van der Waals surface area (Å²) in [6, 6.07) is 4.90. The Bertz CT molecular complexity index is 324. The molecule has 1 unspecified atom stereocenters. The Hall–Kier alpha value is -1.27. The minimum Gasteiger partial charge on any atom is -0.406 e. The summed E-state index contributed by atoms with van der Waals surface area (Å²) in [5.41, 5.74) is 6.32. The van der Waals surface area contributed by atoms with Gasteiger partial charge in [0.05, 0.1) is 0 Å². The van der Waals surface area contributed by atoms with Crippen LogP contribution in [0.3, 0.4) is 0 Å². The third-order valence-corrected chi connectivity index (χ3v) is 1.98. The minimum absolute atomic E-state index is 0.0675. The Morgan fingerprint density at radius 3 is 2.25 bits per heavy atom. The summed E-state index contributed by atoms with van der Waals surface area (Å²) in [6.07, 6.45) is -4.33. The van der Waals surface area contributed by atoms with Crippen molar-refractivity contribution in [1.82, 2.24) is 0 Å². The number of aliphatic hydroxyl groups excluding tert-OH is 1. The summed E-state index contributed by atoms with van der Waals surface area (Å²) >= 11 is 0. The Balaban J connectivity index is 2.68. The normalized spacial score (nSPS) is 13.6. The molecule has 0 spiro atoms. The zero-order chi connectivity index (χ0) is 12.2. The van der Waals surface area contributed by atoms with E-state index in [1.54, 1.807) is 0 Å². The number of halogens is 3. The highest BCUT2D eigenvalue weighted by Crippen LogP contribution is 2.24. The Kier molecular flexibility index (Phi) is 4.14. The molecule has 0 heterocycles. The first-order valence-corrected chi connectivity index (χ1v) is 4.64. The second-order valence-electron chi connectivity index (χ2n) is 3.24. The van der Waals surface area contributed by atoms with Crippen molar-refractivity contribution in [2.45, 2.75) is 18.8 Å². The van der Waals surface area contributed by atoms with Gasteiger partial charge in [-0.15, -0.1) is 13.2 Å². The van der Waals surface area contributed by atoms with E-state index in [1.807, 2.05) is 0 Å². The monoisotopic (exact) mass is 235 g/mol. The lowest BCUT2D eigenvalue weighted by molar-refractivity contribution is -0.274. The van der Waals surface area contributed by atoms with Gasteiger partial charge in [0.2, 0.25) is 0 Å². The van der Waals surface area contributed by atoms with E-state index in [2.05, 4.69) is 4.74 Å². The number of alkyl halides is 3. The second kappa shape index (κ2) is 5.18. The molecule has 1 aromatic rings. The molecular formula is C10H12F3NO2. The summed E-state index contributed by atoms with van der Waals surface area (Å²) in [7, 11) is 0. The third kappa shape index (κ3) is 4.08. The van der Waals surface area contributed by atoms with E-state index < -0.39 is 6.36 Å². The van der Waals surface area contributed by atoms with Crippen molar-refractivity contribution in [3.8, 4) is 5.75 Å². The standard InChI is InChI=1S/C10H12F3NO2/c11-10(12,13)16-8-3-1-7(2-4-8)9(14)5-6-15/h1-4,9,15H,5-6,14H2. The van der Waals surface area contributed by atoms with Gasteiger partial charge >= 0.3 is 6.36 Å². The molecular weight excluding hydrogens is 223 g/mol. The van der Waals surface area contributed by atoms with Crippen molar-refractivity contribution in [1.29, 1.82) is 0 Å². The maximum atomic E-state index is 11.8. The molecule has 0 aliphatic heterocycles. The highest BCUT2D eigenvalue weighted by atomic mass is 19.4. The first-order chi connectivity index (χ1) is 7.42. The van der Waals surface area contributed by atoms with Gasteiger partial charge in [-0.25, -0.2) is 0 Å². The van der Waals surface area contributed by atoms with Crippen molar-refractivity contribution < 1.29 is 23.0 Å². The van der Waals surface area contributed by atoms with Gasteiger partial charge < -0.3 is 15.6 Å². The molecule has 6 heteroatoms. The molecule has 16 heavy (non-hydrogen) atoms. The zero-order valence-corrected chi connectivity index (χ0v) is 8.37. The molecule has 0 aliphatic rings. The van der Waals surface area contributed by atoms with Gasteiger partial charge in [0.25, 0.3) is 0 Å². The van der Waals surface area contributed by atoms with Gasteiger partial charge in [-0.05, 0) is 24.1 Å². The zero-order valence-electron chi connectivity index (χ0n) is 8.37. The van der Waals surface area contributed by atoms with Gasteiger partial charge in [-0.3, -0.25) is 0 Å². The first kappa shape index (κ1) is 12.8. The molecule has 90 valence electrons. The van der Waals surface area contributed by atoms with Crippen LogP contribution in [-0.2, 0) is 0 Å². The Labute approximate surface area is 90.6 Å². The van der Waals surface area contributed by atoms with Crippen LogP contribution in [0, 0.1) is 0 Å². The molecule has 1 rings (SSSR count). The van der Waals surface area contributed by atoms with Crippen LogP contribution in [0.4, 0.5) is 13.2 Å². The smallest absolute Gasteiger partial charge is 0.406 e. The van der Waals surface area contributed by atoms with Crippen molar-refractivity contribution in [3.63, 3.8) is 0 Å². The van der Waals surface area contributed by atoms with E-state index in [0.29, 0.717) is 12.0 Å². The topological polar surface area (TPSA) is 55.5 Å². The average molecular weight is 235 g/mol. The number of nitrogens with two attached hydrogens (primary N) is 1. The summed E-state index contributed by atoms with van der Waals surface area (Å²) < 4.78 is 39.2. The fourth-order valence-electron chi connectivity index (χ4n) is 1.22. The van der Waals surface area contributed by atoms with E-state index in [4.69, 9.17) is 10.8 Å². The molecule has 3 nitrogen and oxygen atoms in total. The van der Waals surface area contributed by atoms with Gasteiger partial charge in [0, 0.05) is 12.6 Å². The molecule has 1 aromatic carbocycles. The van der Waals surface area contributed by atoms with Crippen LogP contribution in [0.1, 0.15) is 18.0 Å². The second-order valence-corrected chi connectivity index (χ2v) is 3.24. The number of rotatable bonds is 4. The van der Waals surface area contributed by atoms with Gasteiger partial charge in [-0.2, -0.15) is 0 Å². The van der Waals surface area contributed by atoms with Crippen molar-refractivity contribution >= 4 is 0 Å².